The quantitative estimate of drug-likeness (QED) is 0.784. The number of H-pyrrole nitrogens is 1. The summed E-state index contributed by atoms with van der Waals surface area (Å²) in [7, 11) is 1.64. The van der Waals surface area contributed by atoms with Gasteiger partial charge in [0.1, 0.15) is 5.82 Å². The summed E-state index contributed by atoms with van der Waals surface area (Å²) < 4.78 is 5.05. The predicted octanol–water partition coefficient (Wildman–Crippen LogP) is 0.672. The van der Waals surface area contributed by atoms with Gasteiger partial charge in [-0.25, -0.2) is 4.98 Å². The Balaban J connectivity index is 2.29. The van der Waals surface area contributed by atoms with Crippen LogP contribution in [0.3, 0.4) is 0 Å². The van der Waals surface area contributed by atoms with E-state index in [0.29, 0.717) is 37.5 Å². The van der Waals surface area contributed by atoms with Crippen LogP contribution < -0.4 is 5.56 Å². The van der Waals surface area contributed by atoms with Gasteiger partial charge in [-0.05, 0) is 18.6 Å². The number of methoxy groups -OCH3 is 1. The summed E-state index contributed by atoms with van der Waals surface area (Å²) in [5.74, 6) is 0.603. The van der Waals surface area contributed by atoms with Gasteiger partial charge in [-0.3, -0.25) is 9.69 Å². The average molecular weight is 291 g/mol. The molecule has 114 valence electrons. The lowest BCUT2D eigenvalue weighted by molar-refractivity contribution is 0.125. The maximum Gasteiger partial charge on any atom is 0.258 e. The van der Waals surface area contributed by atoms with Crippen molar-refractivity contribution in [1.82, 2.24) is 14.9 Å². The number of fused-ring (bicyclic) bond motifs is 1. The summed E-state index contributed by atoms with van der Waals surface area (Å²) in [6.07, 6.45) is 0. The van der Waals surface area contributed by atoms with Crippen LogP contribution >= 0.6 is 0 Å². The Labute approximate surface area is 123 Å². The van der Waals surface area contributed by atoms with E-state index in [-0.39, 0.29) is 12.2 Å². The first-order valence-electron chi connectivity index (χ1n) is 6.96. The van der Waals surface area contributed by atoms with Crippen LogP contribution in [0.4, 0.5) is 0 Å². The number of hydrogen-bond donors (Lipinski definition) is 2. The molecular formula is C15H21N3O3. The molecule has 1 aromatic heterocycles. The number of benzene rings is 1. The number of nitrogens with one attached hydrogen (secondary N) is 1. The zero-order valence-corrected chi connectivity index (χ0v) is 12.4. The van der Waals surface area contributed by atoms with Gasteiger partial charge in [0.25, 0.3) is 5.56 Å². The number of aromatic amines is 1. The number of nitrogens with zero attached hydrogens (tertiary/aromatic N) is 2. The van der Waals surface area contributed by atoms with Gasteiger partial charge in [0.15, 0.2) is 0 Å². The molecule has 0 aliphatic carbocycles. The van der Waals surface area contributed by atoms with Crippen LogP contribution in [0.25, 0.3) is 10.9 Å². The number of aliphatic hydroxyl groups excluding tert-OH is 1. The molecule has 2 aromatic rings. The number of rotatable bonds is 7. The molecule has 1 aromatic carbocycles. The predicted molar refractivity (Wildman–Crippen MR) is 81.3 cm³/mol. The van der Waals surface area contributed by atoms with Crippen molar-refractivity contribution in [2.24, 2.45) is 0 Å². The zero-order valence-electron chi connectivity index (χ0n) is 12.4. The highest BCUT2D eigenvalue weighted by Crippen LogP contribution is 2.12. The molecule has 2 rings (SSSR count). The van der Waals surface area contributed by atoms with E-state index in [2.05, 4.69) is 9.97 Å². The molecule has 1 heterocycles. The minimum Gasteiger partial charge on any atom is -0.395 e. The summed E-state index contributed by atoms with van der Waals surface area (Å²) >= 11 is 0. The van der Waals surface area contributed by atoms with Crippen molar-refractivity contribution in [2.45, 2.75) is 13.5 Å². The number of para-hydroxylation sites is 1. The molecule has 0 aliphatic rings. The first-order valence-corrected chi connectivity index (χ1v) is 6.96. The lowest BCUT2D eigenvalue weighted by Crippen LogP contribution is -2.31. The Morgan fingerprint density at radius 1 is 1.38 bits per heavy atom. The van der Waals surface area contributed by atoms with E-state index < -0.39 is 0 Å². The summed E-state index contributed by atoms with van der Waals surface area (Å²) in [4.78, 5) is 21.5. The standard InChI is InChI=1S/C15H21N3O3/c1-11-4-3-5-12-14(11)16-13(17-15(12)20)10-18(6-8-19)7-9-21-2/h3-5,19H,6-10H2,1-2H3,(H,16,17,20). The first-order chi connectivity index (χ1) is 10.2. The SMILES string of the molecule is COCCN(CCO)Cc1nc2c(C)cccc2c(=O)[nH]1. The molecule has 0 aliphatic heterocycles. The van der Waals surface area contributed by atoms with Crippen molar-refractivity contribution in [1.29, 1.82) is 0 Å². The van der Waals surface area contributed by atoms with Gasteiger partial charge in [-0.15, -0.1) is 0 Å². The van der Waals surface area contributed by atoms with Crippen LogP contribution in [-0.2, 0) is 11.3 Å². The summed E-state index contributed by atoms with van der Waals surface area (Å²) in [5, 5.41) is 9.71. The van der Waals surface area contributed by atoms with Crippen LogP contribution in [0.15, 0.2) is 23.0 Å². The smallest absolute Gasteiger partial charge is 0.258 e. The van der Waals surface area contributed by atoms with Gasteiger partial charge in [0, 0.05) is 20.2 Å². The number of aliphatic hydroxyl groups is 1. The highest BCUT2D eigenvalue weighted by atomic mass is 16.5. The topological polar surface area (TPSA) is 78.5 Å². The Hall–Kier alpha value is -1.76. The van der Waals surface area contributed by atoms with E-state index in [9.17, 15) is 4.79 Å². The van der Waals surface area contributed by atoms with Crippen molar-refractivity contribution in [3.05, 3.63) is 39.9 Å². The molecule has 0 saturated heterocycles. The normalized spacial score (nSPS) is 11.4. The number of aromatic nitrogens is 2. The molecule has 0 atom stereocenters. The number of ether oxygens (including phenoxy) is 1. The molecule has 0 fully saturated rings. The van der Waals surface area contributed by atoms with Crippen molar-refractivity contribution in [3.63, 3.8) is 0 Å². The van der Waals surface area contributed by atoms with Gasteiger partial charge in [-0.1, -0.05) is 12.1 Å². The maximum absolute atomic E-state index is 12.1. The van der Waals surface area contributed by atoms with Crippen LogP contribution in [0.2, 0.25) is 0 Å². The second kappa shape index (κ2) is 7.31. The lowest BCUT2D eigenvalue weighted by atomic mass is 10.1. The van der Waals surface area contributed by atoms with Crippen LogP contribution in [0, 0.1) is 6.92 Å². The summed E-state index contributed by atoms with van der Waals surface area (Å²) in [5.41, 5.74) is 1.58. The molecule has 6 heteroatoms. The Bertz CT molecular complexity index is 654. The molecule has 2 N–H and O–H groups in total. The van der Waals surface area contributed by atoms with Crippen molar-refractivity contribution in [3.8, 4) is 0 Å². The molecule has 0 amide bonds. The van der Waals surface area contributed by atoms with Crippen LogP contribution in [0.1, 0.15) is 11.4 Å². The fourth-order valence-corrected chi connectivity index (χ4v) is 2.27. The van der Waals surface area contributed by atoms with Crippen LogP contribution in [-0.4, -0.2) is 53.4 Å². The van der Waals surface area contributed by atoms with E-state index in [1.54, 1.807) is 13.2 Å². The van der Waals surface area contributed by atoms with Crippen molar-refractivity contribution < 1.29 is 9.84 Å². The van der Waals surface area contributed by atoms with E-state index in [1.165, 1.54) is 0 Å². The summed E-state index contributed by atoms with van der Waals surface area (Å²) in [6, 6.07) is 5.56. The minimum absolute atomic E-state index is 0.0561. The van der Waals surface area contributed by atoms with E-state index in [0.717, 1.165) is 11.1 Å². The third kappa shape index (κ3) is 3.87. The number of aryl methyl sites for hydroxylation is 1. The molecule has 0 saturated carbocycles. The Kier molecular flexibility index (Phi) is 5.44. The first kappa shape index (κ1) is 15.6. The number of hydrogen-bond acceptors (Lipinski definition) is 5. The lowest BCUT2D eigenvalue weighted by Gasteiger charge is -2.20. The van der Waals surface area contributed by atoms with Gasteiger partial charge < -0.3 is 14.8 Å². The molecule has 0 radical (unpaired) electrons. The highest BCUT2D eigenvalue weighted by Gasteiger charge is 2.10. The second-order valence-electron chi connectivity index (χ2n) is 4.98. The molecule has 0 bridgehead atoms. The van der Waals surface area contributed by atoms with E-state index in [1.807, 2.05) is 24.0 Å². The third-order valence-corrected chi connectivity index (χ3v) is 3.39. The zero-order chi connectivity index (χ0) is 15.2. The summed E-state index contributed by atoms with van der Waals surface area (Å²) in [6.45, 7) is 4.22. The molecular weight excluding hydrogens is 270 g/mol. The van der Waals surface area contributed by atoms with Gasteiger partial charge in [0.05, 0.1) is 30.7 Å². The molecule has 0 unspecified atom stereocenters. The van der Waals surface area contributed by atoms with Crippen molar-refractivity contribution in [2.75, 3.05) is 33.4 Å². The van der Waals surface area contributed by atoms with Crippen molar-refractivity contribution >= 4 is 10.9 Å². The Morgan fingerprint density at radius 2 is 2.19 bits per heavy atom. The fraction of sp³-hybridized carbons (Fsp3) is 0.467. The molecule has 0 spiro atoms. The average Bonchev–Trinajstić information content (AvgIpc) is 2.46. The second-order valence-corrected chi connectivity index (χ2v) is 4.98. The van der Waals surface area contributed by atoms with Crippen LogP contribution in [0.5, 0.6) is 0 Å². The van der Waals surface area contributed by atoms with E-state index in [4.69, 9.17) is 9.84 Å². The molecule has 6 nitrogen and oxygen atoms in total. The van der Waals surface area contributed by atoms with E-state index >= 15 is 0 Å². The van der Waals surface area contributed by atoms with Gasteiger partial charge in [-0.2, -0.15) is 0 Å². The molecule has 21 heavy (non-hydrogen) atoms. The van der Waals surface area contributed by atoms with Gasteiger partial charge in [0.2, 0.25) is 0 Å². The monoisotopic (exact) mass is 291 g/mol. The minimum atomic E-state index is -0.130. The largest absolute Gasteiger partial charge is 0.395 e. The highest BCUT2D eigenvalue weighted by molar-refractivity contribution is 5.80. The van der Waals surface area contributed by atoms with Gasteiger partial charge >= 0.3 is 0 Å². The maximum atomic E-state index is 12.1. The fourth-order valence-electron chi connectivity index (χ4n) is 2.27. The Morgan fingerprint density at radius 3 is 2.90 bits per heavy atom. The third-order valence-electron chi connectivity index (χ3n) is 3.39.